The Kier molecular flexibility index (Phi) is 7.31. The molecule has 4 rings (SSSR count). The number of carbonyl (C=O) groups excluding carboxylic acids is 1. The first-order valence-corrected chi connectivity index (χ1v) is 11.4. The molecule has 0 aliphatic rings. The lowest BCUT2D eigenvalue weighted by atomic mass is 10.1. The van der Waals surface area contributed by atoms with Crippen LogP contribution in [0.2, 0.25) is 10.0 Å². The molecule has 0 saturated carbocycles. The van der Waals surface area contributed by atoms with Gasteiger partial charge in [0.25, 0.3) is 0 Å². The molecule has 0 aliphatic heterocycles. The lowest BCUT2D eigenvalue weighted by Gasteiger charge is -2.11. The van der Waals surface area contributed by atoms with Gasteiger partial charge < -0.3 is 10.1 Å². The molecule has 2 N–H and O–H groups in total. The standard InChI is InChI=1S/C22H17Cl2N7O2S/c1-3-4-27-21(32)31-22-28-11-18(34-22)15-9-16(19-13(23)7-12(33-2)8-14(19)24)30-20(29-15)17-10-25-5-6-26-17/h3,5-11H,1,4H2,2H3,(H2,27,28,31,32). The smallest absolute Gasteiger partial charge is 0.321 e. The number of aromatic nitrogens is 5. The zero-order chi connectivity index (χ0) is 24.1. The maximum Gasteiger partial charge on any atom is 0.321 e. The molecule has 0 aliphatic carbocycles. The van der Waals surface area contributed by atoms with Crippen molar-refractivity contribution < 1.29 is 9.53 Å². The van der Waals surface area contributed by atoms with Gasteiger partial charge in [-0.2, -0.15) is 0 Å². The lowest BCUT2D eigenvalue weighted by Crippen LogP contribution is -2.28. The van der Waals surface area contributed by atoms with E-state index in [1.165, 1.54) is 18.4 Å². The van der Waals surface area contributed by atoms with E-state index < -0.39 is 0 Å². The molecule has 0 fully saturated rings. The van der Waals surface area contributed by atoms with E-state index in [4.69, 9.17) is 27.9 Å². The van der Waals surface area contributed by atoms with Crippen LogP contribution in [0.3, 0.4) is 0 Å². The molecule has 0 saturated heterocycles. The van der Waals surface area contributed by atoms with E-state index in [1.54, 1.807) is 49.1 Å². The maximum absolute atomic E-state index is 11.9. The van der Waals surface area contributed by atoms with Crippen LogP contribution in [0.25, 0.3) is 33.3 Å². The van der Waals surface area contributed by atoms with Gasteiger partial charge >= 0.3 is 6.03 Å². The van der Waals surface area contributed by atoms with E-state index in [9.17, 15) is 4.79 Å². The van der Waals surface area contributed by atoms with E-state index in [-0.39, 0.29) is 6.03 Å². The minimum atomic E-state index is -0.388. The van der Waals surface area contributed by atoms with Gasteiger partial charge in [0.2, 0.25) is 0 Å². The second kappa shape index (κ2) is 10.6. The number of nitrogens with one attached hydrogen (secondary N) is 2. The molecule has 1 aromatic carbocycles. The highest BCUT2D eigenvalue weighted by Gasteiger charge is 2.18. The number of benzene rings is 1. The average molecular weight is 514 g/mol. The summed E-state index contributed by atoms with van der Waals surface area (Å²) in [7, 11) is 1.53. The lowest BCUT2D eigenvalue weighted by molar-refractivity contribution is 0.253. The van der Waals surface area contributed by atoms with Gasteiger partial charge in [-0.25, -0.2) is 24.7 Å². The summed E-state index contributed by atoms with van der Waals surface area (Å²) in [6, 6.07) is 4.67. The predicted molar refractivity (Wildman–Crippen MR) is 133 cm³/mol. The fraction of sp³-hybridized carbons (Fsp3) is 0.0909. The minimum Gasteiger partial charge on any atom is -0.497 e. The van der Waals surface area contributed by atoms with Gasteiger partial charge in [-0.05, 0) is 18.2 Å². The van der Waals surface area contributed by atoms with E-state index in [1.807, 2.05) is 0 Å². The van der Waals surface area contributed by atoms with Gasteiger partial charge in [-0.15, -0.1) is 6.58 Å². The van der Waals surface area contributed by atoms with E-state index in [0.29, 0.717) is 60.8 Å². The van der Waals surface area contributed by atoms with Crippen molar-refractivity contribution in [3.63, 3.8) is 0 Å². The van der Waals surface area contributed by atoms with Crippen LogP contribution >= 0.6 is 34.5 Å². The molecule has 3 aromatic heterocycles. The number of carbonyl (C=O) groups is 1. The van der Waals surface area contributed by atoms with Crippen molar-refractivity contribution in [1.82, 2.24) is 30.2 Å². The molecule has 9 nitrogen and oxygen atoms in total. The molecule has 4 aromatic rings. The molecule has 2 amide bonds. The molecule has 34 heavy (non-hydrogen) atoms. The van der Waals surface area contributed by atoms with Gasteiger partial charge in [0.1, 0.15) is 11.4 Å². The van der Waals surface area contributed by atoms with Crippen molar-refractivity contribution in [2.75, 3.05) is 19.0 Å². The Balaban J connectivity index is 1.79. The average Bonchev–Trinajstić information content (AvgIpc) is 3.31. The summed E-state index contributed by atoms with van der Waals surface area (Å²) in [5, 5.41) is 6.44. The number of ether oxygens (including phenoxy) is 1. The normalized spacial score (nSPS) is 10.6. The summed E-state index contributed by atoms with van der Waals surface area (Å²) in [5.41, 5.74) is 2.02. The number of anilines is 1. The summed E-state index contributed by atoms with van der Waals surface area (Å²) in [6.45, 7) is 3.90. The zero-order valence-corrected chi connectivity index (χ0v) is 20.1. The van der Waals surface area contributed by atoms with Crippen molar-refractivity contribution >= 4 is 45.7 Å². The molecular weight excluding hydrogens is 497 g/mol. The van der Waals surface area contributed by atoms with Gasteiger partial charge in [0.15, 0.2) is 11.0 Å². The van der Waals surface area contributed by atoms with E-state index >= 15 is 0 Å². The van der Waals surface area contributed by atoms with Crippen LogP contribution in [0.1, 0.15) is 0 Å². The number of rotatable bonds is 7. The van der Waals surface area contributed by atoms with Crippen molar-refractivity contribution in [2.45, 2.75) is 0 Å². The SMILES string of the molecule is C=CCNC(=O)Nc1ncc(-c2cc(-c3c(Cl)cc(OC)cc3Cl)nc(-c3cnccn3)n2)s1. The Labute approximate surface area is 208 Å². The molecule has 12 heteroatoms. The molecule has 0 unspecified atom stereocenters. The zero-order valence-electron chi connectivity index (χ0n) is 17.7. The summed E-state index contributed by atoms with van der Waals surface area (Å²) in [6.07, 6.45) is 7.86. The topological polar surface area (TPSA) is 115 Å². The van der Waals surface area contributed by atoms with Crippen LogP contribution in [0.5, 0.6) is 5.75 Å². The van der Waals surface area contributed by atoms with E-state index in [0.717, 1.165) is 0 Å². The van der Waals surface area contributed by atoms with Crippen molar-refractivity contribution in [3.8, 4) is 39.1 Å². The Bertz CT molecular complexity index is 1330. The highest BCUT2D eigenvalue weighted by atomic mass is 35.5. The molecular formula is C22H17Cl2N7O2S. The van der Waals surface area contributed by atoms with Crippen LogP contribution in [-0.4, -0.2) is 44.6 Å². The monoisotopic (exact) mass is 513 g/mol. The highest BCUT2D eigenvalue weighted by molar-refractivity contribution is 7.19. The molecule has 172 valence electrons. The van der Waals surface area contributed by atoms with Crippen LogP contribution in [0, 0.1) is 0 Å². The fourth-order valence-electron chi connectivity index (χ4n) is 2.90. The molecule has 0 atom stereocenters. The first-order chi connectivity index (χ1) is 16.5. The largest absolute Gasteiger partial charge is 0.497 e. The number of hydrogen-bond acceptors (Lipinski definition) is 8. The number of halogens is 2. The van der Waals surface area contributed by atoms with Crippen molar-refractivity contribution in [3.05, 3.63) is 65.7 Å². The third-order valence-electron chi connectivity index (χ3n) is 4.41. The van der Waals surface area contributed by atoms with E-state index in [2.05, 4.69) is 42.1 Å². The predicted octanol–water partition coefficient (Wildman–Crippen LogP) is 5.35. The van der Waals surface area contributed by atoms with Crippen LogP contribution in [0.4, 0.5) is 9.93 Å². The maximum atomic E-state index is 11.9. The van der Waals surface area contributed by atoms with Gasteiger partial charge in [-0.3, -0.25) is 10.3 Å². The number of thiazole rings is 1. The molecule has 3 heterocycles. The van der Waals surface area contributed by atoms with Crippen molar-refractivity contribution in [2.24, 2.45) is 0 Å². The summed E-state index contributed by atoms with van der Waals surface area (Å²) in [5.74, 6) is 0.852. The number of methoxy groups -OCH3 is 1. The van der Waals surface area contributed by atoms with Crippen molar-refractivity contribution in [1.29, 1.82) is 0 Å². The molecule has 0 radical (unpaired) electrons. The number of hydrogen-bond donors (Lipinski definition) is 2. The summed E-state index contributed by atoms with van der Waals surface area (Å²) >= 11 is 14.3. The Hall–Kier alpha value is -3.60. The Morgan fingerprint density at radius 3 is 2.53 bits per heavy atom. The number of nitrogens with zero attached hydrogens (tertiary/aromatic N) is 5. The fourth-order valence-corrected chi connectivity index (χ4v) is 4.33. The third-order valence-corrected chi connectivity index (χ3v) is 5.94. The van der Waals surface area contributed by atoms with Crippen LogP contribution in [-0.2, 0) is 0 Å². The molecule has 0 bridgehead atoms. The van der Waals surface area contributed by atoms with Crippen LogP contribution < -0.4 is 15.4 Å². The number of urea groups is 1. The summed E-state index contributed by atoms with van der Waals surface area (Å²) in [4.78, 5) is 34.6. The third kappa shape index (κ3) is 5.30. The second-order valence-corrected chi connectivity index (χ2v) is 8.52. The van der Waals surface area contributed by atoms with Crippen LogP contribution in [0.15, 0.2) is 55.6 Å². The Morgan fingerprint density at radius 2 is 1.85 bits per heavy atom. The second-order valence-electron chi connectivity index (χ2n) is 6.67. The molecule has 0 spiro atoms. The van der Waals surface area contributed by atoms with Gasteiger partial charge in [-0.1, -0.05) is 40.6 Å². The van der Waals surface area contributed by atoms with Gasteiger partial charge in [0.05, 0.1) is 39.6 Å². The summed E-state index contributed by atoms with van der Waals surface area (Å²) < 4.78 is 5.24. The number of amides is 2. The quantitative estimate of drug-likeness (QED) is 0.320. The Morgan fingerprint density at radius 1 is 1.09 bits per heavy atom. The van der Waals surface area contributed by atoms with Gasteiger partial charge in [0, 0.05) is 30.7 Å². The minimum absolute atomic E-state index is 0.329. The first kappa shape index (κ1) is 23.6. The highest BCUT2D eigenvalue weighted by Crippen LogP contribution is 2.39. The first-order valence-electron chi connectivity index (χ1n) is 9.79.